The van der Waals surface area contributed by atoms with Gasteiger partial charge in [0.25, 0.3) is 5.91 Å². The Morgan fingerprint density at radius 1 is 1.09 bits per heavy atom. The molecule has 0 bridgehead atoms. The van der Waals surface area contributed by atoms with Crippen molar-refractivity contribution in [3.05, 3.63) is 66.0 Å². The smallest absolute Gasteiger partial charge is 0.255 e. The van der Waals surface area contributed by atoms with Crippen LogP contribution in [0.5, 0.6) is 5.75 Å². The van der Waals surface area contributed by atoms with E-state index >= 15 is 0 Å². The first-order valence-electron chi connectivity index (χ1n) is 10.6. The third-order valence-electron chi connectivity index (χ3n) is 5.39. The van der Waals surface area contributed by atoms with Crippen molar-refractivity contribution in [3.63, 3.8) is 0 Å². The first kappa shape index (κ1) is 22.0. The van der Waals surface area contributed by atoms with Crippen LogP contribution >= 0.6 is 0 Å². The number of carbonyl (C=O) groups is 1. The molecular weight excluding hydrogens is 428 g/mol. The number of benzene rings is 2. The Morgan fingerprint density at radius 3 is 2.44 bits per heavy atom. The minimum atomic E-state index is -3.70. The molecule has 1 aliphatic heterocycles. The van der Waals surface area contributed by atoms with Crippen LogP contribution in [-0.4, -0.2) is 48.1 Å². The van der Waals surface area contributed by atoms with E-state index in [0.717, 1.165) is 24.2 Å². The molecule has 4 rings (SSSR count). The summed E-state index contributed by atoms with van der Waals surface area (Å²) in [7, 11) is -3.70. The van der Waals surface area contributed by atoms with Crippen LogP contribution in [0.1, 0.15) is 35.8 Å². The SMILES string of the molecule is CCOc1ccc(NC(=O)c2ccc(-n3nccc3C)cc2)cc1S(=O)(=O)N1CCCC1. The van der Waals surface area contributed by atoms with Gasteiger partial charge in [-0.15, -0.1) is 0 Å². The van der Waals surface area contributed by atoms with Gasteiger partial charge in [-0.3, -0.25) is 4.79 Å². The number of hydrogen-bond acceptors (Lipinski definition) is 5. The number of aryl methyl sites for hydroxylation is 1. The van der Waals surface area contributed by atoms with Crippen molar-refractivity contribution < 1.29 is 17.9 Å². The quantitative estimate of drug-likeness (QED) is 0.589. The minimum Gasteiger partial charge on any atom is -0.492 e. The fourth-order valence-corrected chi connectivity index (χ4v) is 5.40. The van der Waals surface area contributed by atoms with E-state index in [9.17, 15) is 13.2 Å². The summed E-state index contributed by atoms with van der Waals surface area (Å²) in [6, 6.07) is 13.7. The Labute approximate surface area is 187 Å². The molecular formula is C23H26N4O4S. The highest BCUT2D eigenvalue weighted by Gasteiger charge is 2.30. The number of sulfonamides is 1. The van der Waals surface area contributed by atoms with Crippen LogP contribution in [0.2, 0.25) is 0 Å². The van der Waals surface area contributed by atoms with E-state index in [1.807, 2.05) is 25.1 Å². The molecule has 2 aromatic carbocycles. The van der Waals surface area contributed by atoms with Crippen LogP contribution in [-0.2, 0) is 10.0 Å². The molecule has 0 radical (unpaired) electrons. The van der Waals surface area contributed by atoms with Gasteiger partial charge in [0, 0.05) is 36.2 Å². The summed E-state index contributed by atoms with van der Waals surface area (Å²) in [4.78, 5) is 12.9. The van der Waals surface area contributed by atoms with E-state index in [1.165, 1.54) is 10.4 Å². The molecule has 168 valence electrons. The fourth-order valence-electron chi connectivity index (χ4n) is 3.73. The number of aromatic nitrogens is 2. The number of nitrogens with one attached hydrogen (secondary N) is 1. The lowest BCUT2D eigenvalue weighted by Crippen LogP contribution is -2.28. The van der Waals surface area contributed by atoms with Crippen LogP contribution < -0.4 is 10.1 Å². The molecule has 0 unspecified atom stereocenters. The highest BCUT2D eigenvalue weighted by atomic mass is 32.2. The Balaban J connectivity index is 1.57. The van der Waals surface area contributed by atoms with Crippen LogP contribution in [0.15, 0.2) is 59.6 Å². The standard InChI is InChI=1S/C23H26N4O4S/c1-3-31-21-11-8-19(16-22(21)32(29,30)26-14-4-5-15-26)25-23(28)18-6-9-20(10-7-18)27-17(2)12-13-24-27/h6-13,16H,3-5,14-15H2,1-2H3,(H,25,28). The summed E-state index contributed by atoms with van der Waals surface area (Å²) in [5.74, 6) is -0.0428. The third kappa shape index (κ3) is 4.39. The van der Waals surface area contributed by atoms with Gasteiger partial charge >= 0.3 is 0 Å². The fraction of sp³-hybridized carbons (Fsp3) is 0.304. The zero-order valence-electron chi connectivity index (χ0n) is 18.1. The molecule has 0 aliphatic carbocycles. The molecule has 0 saturated carbocycles. The van der Waals surface area contributed by atoms with Crippen molar-refractivity contribution >= 4 is 21.6 Å². The van der Waals surface area contributed by atoms with Crippen LogP contribution in [0.25, 0.3) is 5.69 Å². The topological polar surface area (TPSA) is 93.5 Å². The van der Waals surface area contributed by atoms with Gasteiger partial charge in [0.05, 0.1) is 12.3 Å². The summed E-state index contributed by atoms with van der Waals surface area (Å²) in [6.45, 7) is 5.08. The summed E-state index contributed by atoms with van der Waals surface area (Å²) in [5, 5.41) is 7.06. The third-order valence-corrected chi connectivity index (χ3v) is 7.31. The molecule has 1 amide bonds. The summed E-state index contributed by atoms with van der Waals surface area (Å²) < 4.78 is 35.1. The zero-order valence-corrected chi connectivity index (χ0v) is 18.9. The van der Waals surface area contributed by atoms with Gasteiger partial charge in [-0.1, -0.05) is 0 Å². The molecule has 0 spiro atoms. The van der Waals surface area contributed by atoms with Crippen LogP contribution in [0.3, 0.4) is 0 Å². The molecule has 1 aromatic heterocycles. The molecule has 3 aromatic rings. The summed E-state index contributed by atoms with van der Waals surface area (Å²) >= 11 is 0. The average Bonchev–Trinajstić information content (AvgIpc) is 3.47. The number of nitrogens with zero attached hydrogens (tertiary/aromatic N) is 3. The lowest BCUT2D eigenvalue weighted by molar-refractivity contribution is 0.102. The Hall–Kier alpha value is -3.17. The predicted molar refractivity (Wildman–Crippen MR) is 122 cm³/mol. The monoisotopic (exact) mass is 454 g/mol. The summed E-state index contributed by atoms with van der Waals surface area (Å²) in [6.07, 6.45) is 3.40. The lowest BCUT2D eigenvalue weighted by atomic mass is 10.2. The van der Waals surface area contributed by atoms with E-state index in [2.05, 4.69) is 10.4 Å². The summed E-state index contributed by atoms with van der Waals surface area (Å²) in [5.41, 5.74) is 2.69. The van der Waals surface area contributed by atoms with Crippen molar-refractivity contribution in [1.29, 1.82) is 0 Å². The van der Waals surface area contributed by atoms with Gasteiger partial charge in [-0.05, 0) is 75.2 Å². The second-order valence-electron chi connectivity index (χ2n) is 7.59. The minimum absolute atomic E-state index is 0.0727. The van der Waals surface area contributed by atoms with Gasteiger partial charge < -0.3 is 10.1 Å². The molecule has 8 nitrogen and oxygen atoms in total. The molecule has 9 heteroatoms. The first-order valence-corrected chi connectivity index (χ1v) is 12.0. The first-order chi connectivity index (χ1) is 15.4. The van der Waals surface area contributed by atoms with E-state index in [0.29, 0.717) is 30.9 Å². The molecule has 1 saturated heterocycles. The molecule has 1 aliphatic rings. The van der Waals surface area contributed by atoms with Gasteiger partial charge in [0.2, 0.25) is 10.0 Å². The number of ether oxygens (including phenoxy) is 1. The molecule has 1 fully saturated rings. The maximum atomic E-state index is 13.1. The number of hydrogen-bond donors (Lipinski definition) is 1. The van der Waals surface area contributed by atoms with Crippen molar-refractivity contribution in [3.8, 4) is 11.4 Å². The van der Waals surface area contributed by atoms with E-state index in [-0.39, 0.29) is 16.6 Å². The second-order valence-corrected chi connectivity index (χ2v) is 9.50. The zero-order chi connectivity index (χ0) is 22.7. The van der Waals surface area contributed by atoms with E-state index < -0.39 is 10.0 Å². The van der Waals surface area contributed by atoms with E-state index in [1.54, 1.807) is 42.1 Å². The van der Waals surface area contributed by atoms with Gasteiger partial charge in [-0.2, -0.15) is 9.40 Å². The number of rotatable bonds is 7. The Morgan fingerprint density at radius 2 is 1.81 bits per heavy atom. The normalized spacial score (nSPS) is 14.4. The van der Waals surface area contributed by atoms with Gasteiger partial charge in [0.15, 0.2) is 0 Å². The second kappa shape index (κ2) is 9.13. The highest BCUT2D eigenvalue weighted by molar-refractivity contribution is 7.89. The maximum Gasteiger partial charge on any atom is 0.255 e. The van der Waals surface area contributed by atoms with Gasteiger partial charge in [0.1, 0.15) is 10.6 Å². The Bertz CT molecular complexity index is 1210. The highest BCUT2D eigenvalue weighted by Crippen LogP contribution is 2.31. The van der Waals surface area contributed by atoms with Crippen LogP contribution in [0.4, 0.5) is 5.69 Å². The van der Waals surface area contributed by atoms with Gasteiger partial charge in [-0.25, -0.2) is 13.1 Å². The predicted octanol–water partition coefficient (Wildman–Crippen LogP) is 3.62. The van der Waals surface area contributed by atoms with Crippen molar-refractivity contribution in [2.24, 2.45) is 0 Å². The number of anilines is 1. The average molecular weight is 455 g/mol. The molecule has 0 atom stereocenters. The maximum absolute atomic E-state index is 13.1. The lowest BCUT2D eigenvalue weighted by Gasteiger charge is -2.19. The number of amides is 1. The molecule has 1 N–H and O–H groups in total. The number of carbonyl (C=O) groups excluding carboxylic acids is 1. The largest absolute Gasteiger partial charge is 0.492 e. The van der Waals surface area contributed by atoms with Crippen molar-refractivity contribution in [1.82, 2.24) is 14.1 Å². The van der Waals surface area contributed by atoms with Crippen molar-refractivity contribution in [2.75, 3.05) is 25.0 Å². The molecule has 32 heavy (non-hydrogen) atoms. The Kier molecular flexibility index (Phi) is 6.29. The van der Waals surface area contributed by atoms with Crippen molar-refractivity contribution in [2.45, 2.75) is 31.6 Å². The van der Waals surface area contributed by atoms with Crippen LogP contribution in [0, 0.1) is 6.92 Å². The van der Waals surface area contributed by atoms with E-state index in [4.69, 9.17) is 4.74 Å². The molecule has 2 heterocycles.